The van der Waals surface area contributed by atoms with Crippen molar-refractivity contribution in [3.8, 4) is 10.8 Å². The highest BCUT2D eigenvalue weighted by Gasteiger charge is 2.15. The SMILES string of the molecule is Cc1nc(CN)sc1-c1nc2ncccc2o1. The Bertz CT molecular complexity index is 640. The second kappa shape index (κ2) is 3.90. The summed E-state index contributed by atoms with van der Waals surface area (Å²) in [6.07, 6.45) is 1.69. The Morgan fingerprint density at radius 2 is 2.29 bits per heavy atom. The van der Waals surface area contributed by atoms with Gasteiger partial charge in [-0.1, -0.05) is 0 Å². The summed E-state index contributed by atoms with van der Waals surface area (Å²) < 4.78 is 5.65. The van der Waals surface area contributed by atoms with E-state index < -0.39 is 0 Å². The highest BCUT2D eigenvalue weighted by atomic mass is 32.1. The first-order valence-electron chi connectivity index (χ1n) is 5.16. The molecule has 0 fully saturated rings. The maximum absolute atomic E-state index is 5.65. The predicted octanol–water partition coefficient (Wildman–Crippen LogP) is 2.11. The number of thiazole rings is 1. The van der Waals surface area contributed by atoms with Crippen molar-refractivity contribution in [1.29, 1.82) is 0 Å². The van der Waals surface area contributed by atoms with E-state index in [1.165, 1.54) is 11.3 Å². The molecule has 3 aromatic rings. The van der Waals surface area contributed by atoms with Crippen molar-refractivity contribution in [3.05, 3.63) is 29.0 Å². The lowest BCUT2D eigenvalue weighted by Crippen LogP contribution is -1.94. The molecule has 5 nitrogen and oxygen atoms in total. The van der Waals surface area contributed by atoms with Gasteiger partial charge in [-0.25, -0.2) is 9.97 Å². The fraction of sp³-hybridized carbons (Fsp3) is 0.182. The van der Waals surface area contributed by atoms with Crippen LogP contribution in [0, 0.1) is 6.92 Å². The van der Waals surface area contributed by atoms with Crippen molar-refractivity contribution in [1.82, 2.24) is 15.0 Å². The van der Waals surface area contributed by atoms with E-state index in [1.54, 1.807) is 6.20 Å². The first-order valence-corrected chi connectivity index (χ1v) is 5.98. The zero-order valence-electron chi connectivity index (χ0n) is 9.17. The number of hydrogen-bond acceptors (Lipinski definition) is 6. The fourth-order valence-corrected chi connectivity index (χ4v) is 2.47. The average molecular weight is 246 g/mol. The van der Waals surface area contributed by atoms with Crippen molar-refractivity contribution < 1.29 is 4.42 Å². The third kappa shape index (κ3) is 1.71. The maximum atomic E-state index is 5.65. The molecule has 0 spiro atoms. The van der Waals surface area contributed by atoms with E-state index >= 15 is 0 Å². The van der Waals surface area contributed by atoms with Gasteiger partial charge in [0.2, 0.25) is 5.89 Å². The smallest absolute Gasteiger partial charge is 0.241 e. The number of nitrogens with two attached hydrogens (primary N) is 1. The monoisotopic (exact) mass is 246 g/mol. The fourth-order valence-electron chi connectivity index (χ4n) is 1.60. The number of nitrogens with zero attached hydrogens (tertiary/aromatic N) is 3. The Hall–Kier alpha value is -1.79. The molecule has 6 heteroatoms. The Kier molecular flexibility index (Phi) is 2.38. The Balaban J connectivity index is 2.16. The van der Waals surface area contributed by atoms with Crippen LogP contribution in [0.3, 0.4) is 0 Å². The highest BCUT2D eigenvalue weighted by Crippen LogP contribution is 2.30. The Morgan fingerprint density at radius 1 is 1.41 bits per heavy atom. The van der Waals surface area contributed by atoms with Crippen LogP contribution in [-0.2, 0) is 6.54 Å². The van der Waals surface area contributed by atoms with Gasteiger partial charge in [-0.2, -0.15) is 4.98 Å². The number of aryl methyl sites for hydroxylation is 1. The third-order valence-corrected chi connectivity index (χ3v) is 3.54. The van der Waals surface area contributed by atoms with Crippen molar-refractivity contribution in [2.24, 2.45) is 5.73 Å². The number of hydrogen-bond donors (Lipinski definition) is 1. The minimum atomic E-state index is 0.435. The average Bonchev–Trinajstić information content (AvgIpc) is 2.91. The van der Waals surface area contributed by atoms with Crippen LogP contribution >= 0.6 is 11.3 Å². The van der Waals surface area contributed by atoms with Gasteiger partial charge in [0.25, 0.3) is 0 Å². The molecular weight excluding hydrogens is 236 g/mol. The first-order chi connectivity index (χ1) is 8.28. The normalized spacial score (nSPS) is 11.2. The van der Waals surface area contributed by atoms with Gasteiger partial charge in [0, 0.05) is 12.7 Å². The summed E-state index contributed by atoms with van der Waals surface area (Å²) in [5.41, 5.74) is 7.76. The molecule has 0 aliphatic carbocycles. The van der Waals surface area contributed by atoms with Crippen LogP contribution in [0.2, 0.25) is 0 Å². The van der Waals surface area contributed by atoms with Gasteiger partial charge in [-0.15, -0.1) is 11.3 Å². The molecule has 86 valence electrons. The summed E-state index contributed by atoms with van der Waals surface area (Å²) in [7, 11) is 0. The highest BCUT2D eigenvalue weighted by molar-refractivity contribution is 7.15. The summed E-state index contributed by atoms with van der Waals surface area (Å²) in [6.45, 7) is 2.36. The van der Waals surface area contributed by atoms with Crippen LogP contribution in [0.25, 0.3) is 22.0 Å². The van der Waals surface area contributed by atoms with E-state index in [9.17, 15) is 0 Å². The summed E-state index contributed by atoms with van der Waals surface area (Å²) >= 11 is 1.51. The summed E-state index contributed by atoms with van der Waals surface area (Å²) in [4.78, 5) is 13.8. The molecule has 3 aromatic heterocycles. The molecule has 0 saturated heterocycles. The van der Waals surface area contributed by atoms with Gasteiger partial charge in [0.1, 0.15) is 9.88 Å². The number of aromatic nitrogens is 3. The lowest BCUT2D eigenvalue weighted by Gasteiger charge is -1.88. The van der Waals surface area contributed by atoms with Crippen molar-refractivity contribution in [3.63, 3.8) is 0 Å². The van der Waals surface area contributed by atoms with Crippen LogP contribution in [-0.4, -0.2) is 15.0 Å². The van der Waals surface area contributed by atoms with Crippen molar-refractivity contribution in [2.45, 2.75) is 13.5 Å². The van der Waals surface area contributed by atoms with Crippen molar-refractivity contribution >= 4 is 22.6 Å². The Labute approximate surface area is 101 Å². The molecule has 0 aliphatic rings. The molecule has 0 aliphatic heterocycles. The minimum Gasteiger partial charge on any atom is -0.433 e. The molecule has 0 atom stereocenters. The van der Waals surface area contributed by atoms with Gasteiger partial charge in [-0.3, -0.25) is 0 Å². The first kappa shape index (κ1) is 10.4. The topological polar surface area (TPSA) is 77.8 Å². The summed E-state index contributed by atoms with van der Waals surface area (Å²) in [5, 5.41) is 0.882. The van der Waals surface area contributed by atoms with Crippen LogP contribution in [0.4, 0.5) is 0 Å². The number of oxazole rings is 1. The van der Waals surface area contributed by atoms with Gasteiger partial charge < -0.3 is 10.2 Å². The Morgan fingerprint density at radius 3 is 3.00 bits per heavy atom. The number of fused-ring (bicyclic) bond motifs is 1. The van der Waals surface area contributed by atoms with E-state index in [-0.39, 0.29) is 0 Å². The number of pyridine rings is 1. The van der Waals surface area contributed by atoms with Gasteiger partial charge in [-0.05, 0) is 19.1 Å². The van der Waals surface area contributed by atoms with Gasteiger partial charge in [0.15, 0.2) is 11.2 Å². The zero-order chi connectivity index (χ0) is 11.8. The molecule has 0 amide bonds. The van der Waals surface area contributed by atoms with E-state index in [0.29, 0.717) is 23.7 Å². The summed E-state index contributed by atoms with van der Waals surface area (Å²) in [6, 6.07) is 3.67. The molecule has 0 saturated carbocycles. The number of rotatable bonds is 2. The predicted molar refractivity (Wildman–Crippen MR) is 65.5 cm³/mol. The van der Waals surface area contributed by atoms with Crippen LogP contribution in [0.15, 0.2) is 22.7 Å². The van der Waals surface area contributed by atoms with E-state index in [0.717, 1.165) is 15.6 Å². The van der Waals surface area contributed by atoms with Crippen LogP contribution < -0.4 is 5.73 Å². The molecular formula is C11H10N4OS. The molecule has 0 bridgehead atoms. The molecule has 2 N–H and O–H groups in total. The molecule has 17 heavy (non-hydrogen) atoms. The van der Waals surface area contributed by atoms with Gasteiger partial charge in [0.05, 0.1) is 5.69 Å². The second-order valence-electron chi connectivity index (χ2n) is 3.57. The van der Waals surface area contributed by atoms with Crippen molar-refractivity contribution in [2.75, 3.05) is 0 Å². The van der Waals surface area contributed by atoms with Crippen LogP contribution in [0.5, 0.6) is 0 Å². The maximum Gasteiger partial charge on any atom is 0.241 e. The molecule has 3 rings (SSSR count). The standard InChI is InChI=1S/C11H10N4OS/c1-6-9(17-8(5-12)14-6)11-15-10-7(16-11)3-2-4-13-10/h2-4H,5,12H2,1H3. The van der Waals surface area contributed by atoms with E-state index in [4.69, 9.17) is 10.2 Å². The summed E-state index contributed by atoms with van der Waals surface area (Å²) in [5.74, 6) is 0.563. The molecule has 0 radical (unpaired) electrons. The van der Waals surface area contributed by atoms with Gasteiger partial charge >= 0.3 is 0 Å². The minimum absolute atomic E-state index is 0.435. The largest absolute Gasteiger partial charge is 0.433 e. The lowest BCUT2D eigenvalue weighted by molar-refractivity contribution is 0.620. The van der Waals surface area contributed by atoms with Crippen LogP contribution in [0.1, 0.15) is 10.7 Å². The lowest BCUT2D eigenvalue weighted by atomic mass is 10.4. The third-order valence-electron chi connectivity index (χ3n) is 2.37. The second-order valence-corrected chi connectivity index (χ2v) is 4.65. The van der Waals surface area contributed by atoms with E-state index in [2.05, 4.69) is 15.0 Å². The molecule has 3 heterocycles. The molecule has 0 aromatic carbocycles. The van der Waals surface area contributed by atoms with E-state index in [1.807, 2.05) is 19.1 Å². The zero-order valence-corrected chi connectivity index (χ0v) is 9.99. The quantitative estimate of drug-likeness (QED) is 0.749. The molecule has 0 unspecified atom stereocenters.